The molecule has 0 bridgehead atoms. The van der Waals surface area contributed by atoms with E-state index in [0.29, 0.717) is 11.5 Å². The van der Waals surface area contributed by atoms with Gasteiger partial charge in [-0.3, -0.25) is 0 Å². The molecule has 0 aliphatic heterocycles. The van der Waals surface area contributed by atoms with Gasteiger partial charge in [-0.25, -0.2) is 0 Å². The topological polar surface area (TPSA) is 18.5 Å². The Kier molecular flexibility index (Phi) is 6.35. The predicted molar refractivity (Wildman–Crippen MR) is 116 cm³/mol. The van der Waals surface area contributed by atoms with Gasteiger partial charge in [-0.2, -0.15) is 0 Å². The monoisotopic (exact) mass is 384 g/mol. The van der Waals surface area contributed by atoms with Crippen LogP contribution in [0.25, 0.3) is 0 Å². The highest BCUT2D eigenvalue weighted by Crippen LogP contribution is 2.61. The molecule has 0 saturated heterocycles. The van der Waals surface area contributed by atoms with Crippen LogP contribution in [0, 0.1) is 17.3 Å². The lowest BCUT2D eigenvalue weighted by atomic mass is 9.55. The first-order valence-corrected chi connectivity index (χ1v) is 12.0. The number of aryl methyl sites for hydroxylation is 1. The van der Waals surface area contributed by atoms with Crippen LogP contribution in [0.1, 0.15) is 95.6 Å². The number of hydrogen-bond donors (Lipinski definition) is 0. The van der Waals surface area contributed by atoms with Gasteiger partial charge < -0.3 is 9.47 Å². The van der Waals surface area contributed by atoms with Crippen LogP contribution in [-0.4, -0.2) is 19.3 Å². The third kappa shape index (κ3) is 3.74. The molecule has 2 fully saturated rings. The van der Waals surface area contributed by atoms with Crippen LogP contribution in [0.15, 0.2) is 18.2 Å². The summed E-state index contributed by atoms with van der Waals surface area (Å²) >= 11 is 0. The summed E-state index contributed by atoms with van der Waals surface area (Å²) in [6, 6.07) is 6.98. The number of fused-ring (bicyclic) bond motifs is 5. The summed E-state index contributed by atoms with van der Waals surface area (Å²) in [6.45, 7) is 8.84. The number of rotatable bonds is 8. The van der Waals surface area contributed by atoms with Gasteiger partial charge in [0.15, 0.2) is 0 Å². The molecule has 0 amide bonds. The van der Waals surface area contributed by atoms with Crippen LogP contribution in [0.3, 0.4) is 0 Å². The average Bonchev–Trinajstić information content (AvgIpc) is 3.04. The molecule has 28 heavy (non-hydrogen) atoms. The molecule has 4 rings (SSSR count). The minimum Gasteiger partial charge on any atom is -0.494 e. The van der Waals surface area contributed by atoms with Crippen LogP contribution in [-0.2, 0) is 11.2 Å². The van der Waals surface area contributed by atoms with Crippen molar-refractivity contribution in [1.29, 1.82) is 0 Å². The van der Waals surface area contributed by atoms with Crippen molar-refractivity contribution in [2.75, 3.05) is 13.2 Å². The molecule has 156 valence electrons. The number of hydrogen-bond acceptors (Lipinski definition) is 2. The molecule has 1 aromatic rings. The maximum absolute atomic E-state index is 6.41. The zero-order valence-corrected chi connectivity index (χ0v) is 18.3. The van der Waals surface area contributed by atoms with Crippen LogP contribution in [0.4, 0.5) is 0 Å². The standard InChI is InChI=1S/C26H40O2/c1-4-6-16-27-20-9-11-21-19(18-20)8-10-23-22(21)14-15-26(3)24(23)12-13-25(26)28-17-7-5-2/h9,11,18,22-25H,4-8,10,12-17H2,1-3H3/t22?,23?,24?,25-,26-/m0/s1. The van der Waals surface area contributed by atoms with Gasteiger partial charge in [0, 0.05) is 6.61 Å². The van der Waals surface area contributed by atoms with Crippen molar-refractivity contribution in [3.8, 4) is 5.75 Å². The van der Waals surface area contributed by atoms with Crippen LogP contribution < -0.4 is 4.74 Å². The second-order valence-electron chi connectivity index (χ2n) is 9.81. The lowest BCUT2D eigenvalue weighted by Crippen LogP contribution is -2.44. The third-order valence-corrected chi connectivity index (χ3v) is 8.19. The third-order valence-electron chi connectivity index (χ3n) is 8.19. The van der Waals surface area contributed by atoms with E-state index >= 15 is 0 Å². The van der Waals surface area contributed by atoms with E-state index in [4.69, 9.17) is 9.47 Å². The maximum atomic E-state index is 6.41. The number of benzene rings is 1. The molecule has 0 aromatic heterocycles. The quantitative estimate of drug-likeness (QED) is 0.453. The lowest BCUT2D eigenvalue weighted by molar-refractivity contribution is -0.0644. The van der Waals surface area contributed by atoms with E-state index < -0.39 is 0 Å². The van der Waals surface area contributed by atoms with Gasteiger partial charge in [0.25, 0.3) is 0 Å². The van der Waals surface area contributed by atoms with Crippen LogP contribution >= 0.6 is 0 Å². The van der Waals surface area contributed by atoms with Gasteiger partial charge in [0.1, 0.15) is 5.75 Å². The molecule has 1 aromatic carbocycles. The van der Waals surface area contributed by atoms with Gasteiger partial charge >= 0.3 is 0 Å². The van der Waals surface area contributed by atoms with Crippen molar-refractivity contribution < 1.29 is 9.47 Å². The van der Waals surface area contributed by atoms with Gasteiger partial charge in [-0.1, -0.05) is 39.7 Å². The van der Waals surface area contributed by atoms with E-state index in [-0.39, 0.29) is 0 Å². The SMILES string of the molecule is CCCCOc1ccc2c(c1)CCC1C2CC[C@@]2(C)C1CC[C@@H]2OCCCC. The molecule has 3 aliphatic carbocycles. The van der Waals surface area contributed by atoms with E-state index in [2.05, 4.69) is 39.0 Å². The van der Waals surface area contributed by atoms with Gasteiger partial charge in [-0.15, -0.1) is 0 Å². The highest BCUT2D eigenvalue weighted by Gasteiger charge is 2.55. The molecule has 5 atom stereocenters. The van der Waals surface area contributed by atoms with E-state index in [1.165, 1.54) is 57.8 Å². The highest BCUT2D eigenvalue weighted by atomic mass is 16.5. The molecule has 2 saturated carbocycles. The number of ether oxygens (including phenoxy) is 2. The van der Waals surface area contributed by atoms with E-state index in [0.717, 1.165) is 43.1 Å². The summed E-state index contributed by atoms with van der Waals surface area (Å²) in [4.78, 5) is 0. The summed E-state index contributed by atoms with van der Waals surface area (Å²) in [7, 11) is 0. The fourth-order valence-corrected chi connectivity index (χ4v) is 6.58. The smallest absolute Gasteiger partial charge is 0.119 e. The Hall–Kier alpha value is -1.02. The minimum absolute atomic E-state index is 0.412. The summed E-state index contributed by atoms with van der Waals surface area (Å²) in [6.07, 6.45) is 13.2. The largest absolute Gasteiger partial charge is 0.494 e. The van der Waals surface area contributed by atoms with Gasteiger partial charge in [0.05, 0.1) is 12.7 Å². The van der Waals surface area contributed by atoms with Gasteiger partial charge in [-0.05, 0) is 97.8 Å². The molecule has 2 nitrogen and oxygen atoms in total. The molecule has 0 heterocycles. The molecule has 0 N–H and O–H groups in total. The minimum atomic E-state index is 0.412. The molecule has 3 aliphatic rings. The van der Waals surface area contributed by atoms with E-state index in [1.807, 2.05) is 0 Å². The van der Waals surface area contributed by atoms with Crippen molar-refractivity contribution >= 4 is 0 Å². The first-order chi connectivity index (χ1) is 13.7. The zero-order chi connectivity index (χ0) is 19.6. The second-order valence-corrected chi connectivity index (χ2v) is 9.81. The van der Waals surface area contributed by atoms with E-state index in [1.54, 1.807) is 11.1 Å². The summed E-state index contributed by atoms with van der Waals surface area (Å²) in [5, 5.41) is 0. The van der Waals surface area contributed by atoms with E-state index in [9.17, 15) is 0 Å². The summed E-state index contributed by atoms with van der Waals surface area (Å²) in [5.74, 6) is 3.56. The highest BCUT2D eigenvalue weighted by molar-refractivity contribution is 5.40. The van der Waals surface area contributed by atoms with Crippen LogP contribution in [0.5, 0.6) is 5.75 Å². The lowest BCUT2D eigenvalue weighted by Gasteiger charge is -2.50. The molecule has 3 unspecified atom stereocenters. The zero-order valence-electron chi connectivity index (χ0n) is 18.3. The Bertz CT molecular complexity index is 654. The Labute approximate surface area is 172 Å². The van der Waals surface area contributed by atoms with Crippen LogP contribution in [0.2, 0.25) is 0 Å². The Morgan fingerprint density at radius 2 is 1.82 bits per heavy atom. The van der Waals surface area contributed by atoms with Crippen molar-refractivity contribution in [3.05, 3.63) is 29.3 Å². The van der Waals surface area contributed by atoms with Crippen molar-refractivity contribution in [2.45, 2.75) is 97.0 Å². The Morgan fingerprint density at radius 1 is 1.00 bits per heavy atom. The fraction of sp³-hybridized carbons (Fsp3) is 0.769. The summed E-state index contributed by atoms with van der Waals surface area (Å²) < 4.78 is 12.4. The molecular formula is C26H40O2. The first kappa shape index (κ1) is 20.3. The average molecular weight is 385 g/mol. The van der Waals surface area contributed by atoms with Gasteiger partial charge in [0.2, 0.25) is 0 Å². The second kappa shape index (κ2) is 8.78. The molecule has 0 spiro atoms. The predicted octanol–water partition coefficient (Wildman–Crippen LogP) is 6.91. The normalized spacial score (nSPS) is 33.8. The first-order valence-electron chi connectivity index (χ1n) is 12.0. The summed E-state index contributed by atoms with van der Waals surface area (Å²) in [5.41, 5.74) is 3.61. The number of unbranched alkanes of at least 4 members (excludes halogenated alkanes) is 2. The molecular weight excluding hydrogens is 344 g/mol. The molecule has 2 heteroatoms. The van der Waals surface area contributed by atoms with Crippen molar-refractivity contribution in [3.63, 3.8) is 0 Å². The molecule has 0 radical (unpaired) electrons. The van der Waals surface area contributed by atoms with Crippen molar-refractivity contribution in [1.82, 2.24) is 0 Å². The maximum Gasteiger partial charge on any atom is 0.119 e. The fourth-order valence-electron chi connectivity index (χ4n) is 6.58. The Balaban J connectivity index is 1.46. The Morgan fingerprint density at radius 3 is 2.64 bits per heavy atom. The van der Waals surface area contributed by atoms with Crippen molar-refractivity contribution in [2.24, 2.45) is 17.3 Å².